The Morgan fingerprint density at radius 2 is 0.657 bits per heavy atom. The molecule has 0 atom stereocenters. The van der Waals surface area contributed by atoms with Crippen molar-refractivity contribution in [2.45, 2.75) is 76.6 Å². The first-order chi connectivity index (χ1) is 15.4. The summed E-state index contributed by atoms with van der Waals surface area (Å²) in [5.74, 6) is -14.3. The van der Waals surface area contributed by atoms with E-state index in [0.29, 0.717) is 0 Å². The maximum Gasteiger partial charge on any atom is 0.460 e. The normalized spacial score (nSPS) is 13.8. The molecule has 0 nitrogen and oxygen atoms in total. The molecule has 0 aromatic heterocycles. The van der Waals surface area contributed by atoms with Crippen LogP contribution in [0.5, 0.6) is 0 Å². The molecule has 0 aliphatic carbocycles. The summed E-state index contributed by atoms with van der Waals surface area (Å²) in [7, 11) is 0. The van der Waals surface area contributed by atoms with Crippen LogP contribution in [0.15, 0.2) is 48.5 Å². The lowest BCUT2D eigenvalue weighted by Gasteiger charge is -2.29. The van der Waals surface area contributed by atoms with Gasteiger partial charge in [-0.2, -0.15) is 43.9 Å². The molecule has 2 rings (SSSR count). The highest BCUT2D eigenvalue weighted by Gasteiger charge is 2.82. The molecule has 11 heteroatoms. The lowest BCUT2D eigenvalue weighted by molar-refractivity contribution is -0.597. The van der Waals surface area contributed by atoms with E-state index in [1.807, 2.05) is 0 Å². The molecule has 0 N–H and O–H groups in total. The highest BCUT2D eigenvalue weighted by atomic mass is 127. The van der Waals surface area contributed by atoms with E-state index in [0.717, 1.165) is 0 Å². The highest BCUT2D eigenvalue weighted by molar-refractivity contribution is 5.23. The van der Waals surface area contributed by atoms with Crippen LogP contribution in [0.1, 0.15) is 52.7 Å². The number of halogens is 11. The molecule has 2 aromatic carbocycles. The Kier molecular flexibility index (Phi) is 9.41. The van der Waals surface area contributed by atoms with Gasteiger partial charge in [-0.1, -0.05) is 65.8 Å². The summed E-state index contributed by atoms with van der Waals surface area (Å²) in [6.07, 6.45) is -13.9. The molecule has 0 fully saturated rings. The zero-order valence-corrected chi connectivity index (χ0v) is 21.9. The van der Waals surface area contributed by atoms with E-state index in [9.17, 15) is 43.9 Å². The molecule has 0 bridgehead atoms. The molecule has 2 aromatic rings. The molecular weight excluding hydrogens is 605 g/mol. The molecular formula is C24H26F10I+. The van der Waals surface area contributed by atoms with E-state index in [-0.39, 0.29) is 32.0 Å². The third-order valence-electron chi connectivity index (χ3n) is 4.75. The predicted octanol–water partition coefficient (Wildman–Crippen LogP) is 5.79. The number of benzene rings is 2. The second-order valence-corrected chi connectivity index (χ2v) is 12.8. The Morgan fingerprint density at radius 3 is 0.829 bits per heavy atom. The number of rotatable bonds is 3. The van der Waals surface area contributed by atoms with Crippen molar-refractivity contribution >= 4 is 0 Å². The first kappa shape index (κ1) is 31.5. The molecule has 0 saturated carbocycles. The van der Waals surface area contributed by atoms with Crippen LogP contribution in [0.4, 0.5) is 43.9 Å². The van der Waals surface area contributed by atoms with Crippen molar-refractivity contribution in [1.29, 1.82) is 0 Å². The van der Waals surface area contributed by atoms with Crippen LogP contribution in [0, 0.1) is 7.14 Å². The van der Waals surface area contributed by atoms with Gasteiger partial charge in [-0.15, -0.1) is 0 Å². The van der Waals surface area contributed by atoms with Crippen molar-refractivity contribution in [3.8, 4) is 0 Å². The summed E-state index contributed by atoms with van der Waals surface area (Å²) in [6, 6.07) is 18.4. The number of alkyl halides is 10. The summed E-state index contributed by atoms with van der Waals surface area (Å²) in [4.78, 5) is 0. The Morgan fingerprint density at radius 1 is 0.429 bits per heavy atom. The summed E-state index contributed by atoms with van der Waals surface area (Å²) >= 11 is -0.0703. The third-order valence-corrected chi connectivity index (χ3v) is 7.43. The smallest absolute Gasteiger partial charge is 0.189 e. The molecule has 0 heterocycles. The molecule has 0 aliphatic rings. The van der Waals surface area contributed by atoms with E-state index in [4.69, 9.17) is 0 Å². The summed E-state index contributed by atoms with van der Waals surface area (Å²) in [6.45, 7) is 13.6. The van der Waals surface area contributed by atoms with Crippen molar-refractivity contribution in [1.82, 2.24) is 0 Å². The zero-order valence-electron chi connectivity index (χ0n) is 19.8. The van der Waals surface area contributed by atoms with E-state index in [2.05, 4.69) is 90.1 Å². The number of hydrogen-bond donors (Lipinski definition) is 0. The fourth-order valence-electron chi connectivity index (χ4n) is 2.51. The summed E-state index contributed by atoms with van der Waals surface area (Å²) in [5, 5.41) is 0. The maximum absolute atomic E-state index is 11.6. The van der Waals surface area contributed by atoms with Gasteiger partial charge >= 0.3 is 45.4 Å². The van der Waals surface area contributed by atoms with Crippen LogP contribution in [0.25, 0.3) is 0 Å². The lowest BCUT2D eigenvalue weighted by Crippen LogP contribution is -3.61. The van der Waals surface area contributed by atoms with Gasteiger partial charge in [0.2, 0.25) is 0 Å². The van der Waals surface area contributed by atoms with Crippen LogP contribution in [0.3, 0.4) is 0 Å². The second-order valence-electron chi connectivity index (χ2n) is 9.75. The minimum absolute atomic E-state index is 0.0703. The van der Waals surface area contributed by atoms with Crippen LogP contribution < -0.4 is 21.2 Å². The molecule has 0 saturated heterocycles. The largest absolute Gasteiger partial charge is 0.460 e. The second kappa shape index (κ2) is 10.5. The van der Waals surface area contributed by atoms with E-state index >= 15 is 0 Å². The zero-order chi connectivity index (χ0) is 27.7. The molecule has 0 unspecified atom stereocenters. The van der Waals surface area contributed by atoms with Gasteiger partial charge < -0.3 is 0 Å². The van der Waals surface area contributed by atoms with Gasteiger partial charge in [0, 0.05) is 0 Å². The maximum atomic E-state index is 11.6. The van der Waals surface area contributed by atoms with Gasteiger partial charge in [0.15, 0.2) is 7.14 Å². The van der Waals surface area contributed by atoms with E-state index < -0.39 is 24.2 Å². The lowest BCUT2D eigenvalue weighted by atomic mass is 9.87. The Labute approximate surface area is 208 Å². The standard InChI is InChI=1S/C20H26I.C4F10/c1-19(2,3)15-7-11-17(12-8-15)21-18-13-9-16(10-14-18)20(4,5)6;5-1(6,3(9,10)11)2(7,8)4(12,13)14/h7-14H,1-6H3;/q+1;. The minimum Gasteiger partial charge on any atom is -0.189 e. The minimum atomic E-state index is -7.14. The molecule has 198 valence electrons. The molecule has 0 spiro atoms. The average molecular weight is 631 g/mol. The average Bonchev–Trinajstić information content (AvgIpc) is 2.66. The van der Waals surface area contributed by atoms with Crippen LogP contribution in [-0.2, 0) is 10.8 Å². The molecule has 0 amide bonds. The van der Waals surface area contributed by atoms with Gasteiger partial charge in [-0.25, -0.2) is 0 Å². The number of hydrogen-bond acceptors (Lipinski definition) is 0. The fraction of sp³-hybridized carbons (Fsp3) is 0.500. The Balaban J connectivity index is 0.000000383. The van der Waals surface area contributed by atoms with Crippen molar-refractivity contribution in [2.75, 3.05) is 0 Å². The SMILES string of the molecule is CC(C)(C)c1ccc([I+]c2ccc(C(C)(C)C)cc2)cc1.FC(F)(F)C(F)(F)C(F)(F)C(F)(F)F. The van der Waals surface area contributed by atoms with Crippen molar-refractivity contribution in [3.63, 3.8) is 0 Å². The highest BCUT2D eigenvalue weighted by Crippen LogP contribution is 2.53. The van der Waals surface area contributed by atoms with Crippen LogP contribution >= 0.6 is 0 Å². The molecule has 0 radical (unpaired) electrons. The Hall–Kier alpha value is -1.53. The van der Waals surface area contributed by atoms with Gasteiger partial charge in [0.1, 0.15) is 0 Å². The van der Waals surface area contributed by atoms with Gasteiger partial charge in [-0.3, -0.25) is 0 Å². The monoisotopic (exact) mass is 631 g/mol. The van der Waals surface area contributed by atoms with Gasteiger partial charge in [0.25, 0.3) is 0 Å². The Bertz CT molecular complexity index is 863. The predicted molar refractivity (Wildman–Crippen MR) is 110 cm³/mol. The summed E-state index contributed by atoms with van der Waals surface area (Å²) in [5.41, 5.74) is 3.31. The third kappa shape index (κ3) is 7.98. The molecule has 0 aliphatic heterocycles. The fourth-order valence-corrected chi connectivity index (χ4v) is 4.67. The van der Waals surface area contributed by atoms with Gasteiger partial charge in [-0.05, 0) is 46.2 Å². The van der Waals surface area contributed by atoms with Crippen molar-refractivity contribution in [3.05, 3.63) is 66.8 Å². The first-order valence-electron chi connectivity index (χ1n) is 10.2. The van der Waals surface area contributed by atoms with Crippen molar-refractivity contribution in [2.24, 2.45) is 0 Å². The summed E-state index contributed by atoms with van der Waals surface area (Å²) < 4.78 is 116. The van der Waals surface area contributed by atoms with Crippen molar-refractivity contribution < 1.29 is 65.1 Å². The molecule has 35 heavy (non-hydrogen) atoms. The van der Waals surface area contributed by atoms with Crippen LogP contribution in [0.2, 0.25) is 0 Å². The van der Waals surface area contributed by atoms with Gasteiger partial charge in [0.05, 0.1) is 0 Å². The quantitative estimate of drug-likeness (QED) is 0.298. The van der Waals surface area contributed by atoms with E-state index in [1.165, 1.54) is 18.3 Å². The van der Waals surface area contributed by atoms with E-state index in [1.54, 1.807) is 0 Å². The first-order valence-corrected chi connectivity index (χ1v) is 12.3. The van der Waals surface area contributed by atoms with Crippen LogP contribution in [-0.4, -0.2) is 24.2 Å². The topological polar surface area (TPSA) is 0 Å².